The normalized spacial score (nSPS) is 11.2. The Morgan fingerprint density at radius 2 is 2.11 bits per heavy atom. The number of nitrogens with zero attached hydrogens (tertiary/aromatic N) is 2. The van der Waals surface area contributed by atoms with E-state index in [1.165, 1.54) is 11.1 Å². The zero-order chi connectivity index (χ0) is 13.8. The molecule has 1 aromatic heterocycles. The standard InChI is InChI=1S/C11H17N3O3S/c1-14(5-6-18(2,16)17)11(15)7-10-4-3-9(12)8-13-10/h3-4,8H,5-7,12H2,1-2H3. The molecule has 0 spiro atoms. The number of amides is 1. The number of carbonyl (C=O) groups is 1. The summed E-state index contributed by atoms with van der Waals surface area (Å²) in [6.45, 7) is 0.187. The maximum Gasteiger partial charge on any atom is 0.228 e. The average molecular weight is 271 g/mol. The molecule has 0 fully saturated rings. The van der Waals surface area contributed by atoms with Crippen molar-refractivity contribution in [1.82, 2.24) is 9.88 Å². The van der Waals surface area contributed by atoms with Crippen LogP contribution < -0.4 is 5.73 Å². The monoisotopic (exact) mass is 271 g/mol. The molecular formula is C11H17N3O3S. The Bertz CT molecular complexity index is 511. The predicted molar refractivity (Wildman–Crippen MR) is 69.7 cm³/mol. The molecule has 0 atom stereocenters. The Morgan fingerprint density at radius 1 is 1.44 bits per heavy atom. The number of nitrogens with two attached hydrogens (primary N) is 1. The lowest BCUT2D eigenvalue weighted by Gasteiger charge is -2.16. The number of hydrogen-bond donors (Lipinski definition) is 1. The molecule has 1 amide bonds. The summed E-state index contributed by atoms with van der Waals surface area (Å²) < 4.78 is 22.0. The van der Waals surface area contributed by atoms with Crippen LogP contribution in [0.5, 0.6) is 0 Å². The Kier molecular flexibility index (Phi) is 4.66. The van der Waals surface area contributed by atoms with E-state index in [4.69, 9.17) is 5.73 Å². The van der Waals surface area contributed by atoms with Gasteiger partial charge in [0.1, 0.15) is 9.84 Å². The van der Waals surface area contributed by atoms with Gasteiger partial charge in [0.2, 0.25) is 5.91 Å². The van der Waals surface area contributed by atoms with Crippen LogP contribution in [0.2, 0.25) is 0 Å². The summed E-state index contributed by atoms with van der Waals surface area (Å²) >= 11 is 0. The third kappa shape index (κ3) is 5.13. The maximum atomic E-state index is 11.8. The van der Waals surface area contributed by atoms with Crippen LogP contribution in [0.15, 0.2) is 18.3 Å². The van der Waals surface area contributed by atoms with E-state index < -0.39 is 9.84 Å². The van der Waals surface area contributed by atoms with Crippen LogP contribution >= 0.6 is 0 Å². The first-order chi connectivity index (χ1) is 8.28. The molecular weight excluding hydrogens is 254 g/mol. The van der Waals surface area contributed by atoms with Gasteiger partial charge in [-0.2, -0.15) is 0 Å². The van der Waals surface area contributed by atoms with E-state index in [-0.39, 0.29) is 24.6 Å². The van der Waals surface area contributed by atoms with Gasteiger partial charge >= 0.3 is 0 Å². The van der Waals surface area contributed by atoms with Crippen LogP contribution in [-0.4, -0.2) is 49.8 Å². The summed E-state index contributed by atoms with van der Waals surface area (Å²) in [5.74, 6) is -0.208. The number of aromatic nitrogens is 1. The fraction of sp³-hybridized carbons (Fsp3) is 0.455. The molecule has 1 aromatic rings. The molecule has 0 saturated heterocycles. The molecule has 0 aromatic carbocycles. The first-order valence-electron chi connectivity index (χ1n) is 5.40. The minimum absolute atomic E-state index is 0.0373. The van der Waals surface area contributed by atoms with Crippen molar-refractivity contribution >= 4 is 21.4 Å². The number of anilines is 1. The smallest absolute Gasteiger partial charge is 0.228 e. The van der Waals surface area contributed by atoms with Crippen LogP contribution in [0.1, 0.15) is 5.69 Å². The van der Waals surface area contributed by atoms with Crippen molar-refractivity contribution in [2.45, 2.75) is 6.42 Å². The minimum Gasteiger partial charge on any atom is -0.397 e. The highest BCUT2D eigenvalue weighted by atomic mass is 32.2. The predicted octanol–water partition coefficient (Wildman–Crippen LogP) is -0.291. The Balaban J connectivity index is 2.52. The van der Waals surface area contributed by atoms with Gasteiger partial charge in [-0.1, -0.05) is 0 Å². The van der Waals surface area contributed by atoms with Gasteiger partial charge in [0.25, 0.3) is 0 Å². The molecule has 0 aliphatic heterocycles. The van der Waals surface area contributed by atoms with Gasteiger partial charge in [-0.3, -0.25) is 9.78 Å². The largest absolute Gasteiger partial charge is 0.397 e. The zero-order valence-corrected chi connectivity index (χ0v) is 11.3. The number of sulfone groups is 1. The highest BCUT2D eigenvalue weighted by Gasteiger charge is 2.12. The van der Waals surface area contributed by atoms with Crippen molar-refractivity contribution in [1.29, 1.82) is 0 Å². The highest BCUT2D eigenvalue weighted by Crippen LogP contribution is 2.03. The van der Waals surface area contributed by atoms with E-state index >= 15 is 0 Å². The fourth-order valence-electron chi connectivity index (χ4n) is 1.26. The van der Waals surface area contributed by atoms with Gasteiger partial charge in [-0.05, 0) is 12.1 Å². The Hall–Kier alpha value is -1.63. The van der Waals surface area contributed by atoms with Gasteiger partial charge < -0.3 is 10.6 Å². The lowest BCUT2D eigenvalue weighted by molar-refractivity contribution is -0.128. The SMILES string of the molecule is CN(CCS(C)(=O)=O)C(=O)Cc1ccc(N)cn1. The van der Waals surface area contributed by atoms with Crippen LogP contribution in [0.4, 0.5) is 5.69 Å². The van der Waals surface area contributed by atoms with Crippen molar-refractivity contribution in [3.05, 3.63) is 24.0 Å². The minimum atomic E-state index is -3.06. The molecule has 0 aliphatic carbocycles. The van der Waals surface area contributed by atoms with E-state index in [0.717, 1.165) is 6.26 Å². The highest BCUT2D eigenvalue weighted by molar-refractivity contribution is 7.90. The van der Waals surface area contributed by atoms with Gasteiger partial charge in [-0.25, -0.2) is 8.42 Å². The summed E-state index contributed by atoms with van der Waals surface area (Å²) in [6.07, 6.45) is 2.77. The molecule has 18 heavy (non-hydrogen) atoms. The maximum absolute atomic E-state index is 11.8. The number of hydrogen-bond acceptors (Lipinski definition) is 5. The van der Waals surface area contributed by atoms with Crippen LogP contribution in [0, 0.1) is 0 Å². The lowest BCUT2D eigenvalue weighted by Crippen LogP contribution is -2.32. The molecule has 2 N–H and O–H groups in total. The van der Waals surface area contributed by atoms with Gasteiger partial charge in [0.15, 0.2) is 0 Å². The first kappa shape index (κ1) is 14.4. The summed E-state index contributed by atoms with van der Waals surface area (Å²) in [7, 11) is -1.48. The fourth-order valence-corrected chi connectivity index (χ4v) is 1.86. The molecule has 0 bridgehead atoms. The third-order valence-corrected chi connectivity index (χ3v) is 3.33. The number of rotatable bonds is 5. The van der Waals surface area contributed by atoms with E-state index in [0.29, 0.717) is 11.4 Å². The number of nitrogen functional groups attached to an aromatic ring is 1. The van der Waals surface area contributed by atoms with Gasteiger partial charge in [0.05, 0.1) is 24.1 Å². The molecule has 6 nitrogen and oxygen atoms in total. The van der Waals surface area contributed by atoms with E-state index in [9.17, 15) is 13.2 Å². The Morgan fingerprint density at radius 3 is 2.61 bits per heavy atom. The van der Waals surface area contributed by atoms with E-state index in [1.54, 1.807) is 19.2 Å². The molecule has 7 heteroatoms. The second-order valence-corrected chi connectivity index (χ2v) is 6.46. The third-order valence-electron chi connectivity index (χ3n) is 2.40. The van der Waals surface area contributed by atoms with Crippen molar-refractivity contribution < 1.29 is 13.2 Å². The second kappa shape index (κ2) is 5.81. The first-order valence-corrected chi connectivity index (χ1v) is 7.46. The zero-order valence-electron chi connectivity index (χ0n) is 10.5. The number of pyridine rings is 1. The van der Waals surface area contributed by atoms with Crippen molar-refractivity contribution in [3.63, 3.8) is 0 Å². The van der Waals surface area contributed by atoms with Crippen LogP contribution in [0.3, 0.4) is 0 Å². The molecule has 0 saturated carbocycles. The summed E-state index contributed by atoms with van der Waals surface area (Å²) in [4.78, 5) is 17.2. The molecule has 1 heterocycles. The van der Waals surface area contributed by atoms with Crippen LogP contribution in [0.25, 0.3) is 0 Å². The molecule has 100 valence electrons. The number of likely N-dealkylation sites (N-methyl/N-ethyl adjacent to an activating group) is 1. The van der Waals surface area contributed by atoms with E-state index in [1.807, 2.05) is 0 Å². The van der Waals surface area contributed by atoms with E-state index in [2.05, 4.69) is 4.98 Å². The number of carbonyl (C=O) groups excluding carboxylic acids is 1. The summed E-state index contributed by atoms with van der Waals surface area (Å²) in [6, 6.07) is 3.35. The summed E-state index contributed by atoms with van der Waals surface area (Å²) in [5, 5.41) is 0. The van der Waals surface area contributed by atoms with Crippen molar-refractivity contribution in [2.75, 3.05) is 31.3 Å². The lowest BCUT2D eigenvalue weighted by atomic mass is 10.2. The summed E-state index contributed by atoms with van der Waals surface area (Å²) in [5.41, 5.74) is 6.64. The second-order valence-electron chi connectivity index (χ2n) is 4.20. The molecule has 0 unspecified atom stereocenters. The Labute approximate surface area is 107 Å². The van der Waals surface area contributed by atoms with Gasteiger partial charge in [0, 0.05) is 25.5 Å². The van der Waals surface area contributed by atoms with Crippen molar-refractivity contribution in [3.8, 4) is 0 Å². The molecule has 0 radical (unpaired) electrons. The van der Waals surface area contributed by atoms with Crippen molar-refractivity contribution in [2.24, 2.45) is 0 Å². The average Bonchev–Trinajstić information content (AvgIpc) is 2.28. The molecule has 1 rings (SSSR count). The van der Waals surface area contributed by atoms with Gasteiger partial charge in [-0.15, -0.1) is 0 Å². The molecule has 0 aliphatic rings. The topological polar surface area (TPSA) is 93.4 Å². The van der Waals surface area contributed by atoms with Crippen LogP contribution in [-0.2, 0) is 21.1 Å². The quantitative estimate of drug-likeness (QED) is 0.794.